The van der Waals surface area contributed by atoms with E-state index in [-0.39, 0.29) is 31.3 Å². The number of carboxylic acids is 1. The van der Waals surface area contributed by atoms with E-state index in [0.717, 1.165) is 17.5 Å². The second-order valence-electron chi connectivity index (χ2n) is 8.83. The van der Waals surface area contributed by atoms with Gasteiger partial charge >= 0.3 is 12.1 Å². The van der Waals surface area contributed by atoms with Crippen LogP contribution in [0.5, 0.6) is 0 Å². The second-order valence-corrected chi connectivity index (χ2v) is 8.83. The molecule has 2 aliphatic rings. The maximum atomic E-state index is 12.6. The molecule has 0 spiro atoms. The molecule has 1 fully saturated rings. The van der Waals surface area contributed by atoms with Crippen LogP contribution < -0.4 is 10.6 Å². The SMILES string of the molecule is CC(CC(=O)O)NC(=O)CC1(NC(=O)OCC2c3ccccc3-c3ccccc32)CCC1. The molecule has 0 heterocycles. The summed E-state index contributed by atoms with van der Waals surface area (Å²) in [5.74, 6) is -1.25. The van der Waals surface area contributed by atoms with Crippen LogP contribution in [0, 0.1) is 0 Å². The van der Waals surface area contributed by atoms with Gasteiger partial charge in [-0.3, -0.25) is 9.59 Å². The van der Waals surface area contributed by atoms with Crippen molar-refractivity contribution >= 4 is 18.0 Å². The molecule has 1 unspecified atom stereocenters. The van der Waals surface area contributed by atoms with Crippen LogP contribution in [0.3, 0.4) is 0 Å². The molecule has 0 bridgehead atoms. The number of carboxylic acid groups (broad SMARTS) is 1. The third kappa shape index (κ3) is 4.61. The number of hydrogen-bond acceptors (Lipinski definition) is 4. The molecule has 7 heteroatoms. The maximum absolute atomic E-state index is 12.6. The average molecular weight is 437 g/mol. The van der Waals surface area contributed by atoms with Gasteiger partial charge in [0.25, 0.3) is 0 Å². The van der Waals surface area contributed by atoms with E-state index >= 15 is 0 Å². The van der Waals surface area contributed by atoms with Crippen molar-refractivity contribution in [2.45, 2.75) is 56.5 Å². The van der Waals surface area contributed by atoms with Gasteiger partial charge in [-0.05, 0) is 48.4 Å². The molecular weight excluding hydrogens is 408 g/mol. The number of carbonyl (C=O) groups excluding carboxylic acids is 2. The molecule has 7 nitrogen and oxygen atoms in total. The van der Waals surface area contributed by atoms with Crippen LogP contribution in [0.25, 0.3) is 11.1 Å². The lowest BCUT2D eigenvalue weighted by molar-refractivity contribution is -0.137. The van der Waals surface area contributed by atoms with Crippen LogP contribution in [-0.4, -0.2) is 41.3 Å². The second kappa shape index (κ2) is 9.02. The first-order valence-electron chi connectivity index (χ1n) is 11.0. The van der Waals surface area contributed by atoms with Gasteiger partial charge in [0.2, 0.25) is 5.91 Å². The molecule has 2 aromatic rings. The summed E-state index contributed by atoms with van der Waals surface area (Å²) in [6.07, 6.45) is 1.75. The zero-order chi connectivity index (χ0) is 22.7. The van der Waals surface area contributed by atoms with Crippen molar-refractivity contribution in [2.24, 2.45) is 0 Å². The lowest BCUT2D eigenvalue weighted by Gasteiger charge is -2.41. The van der Waals surface area contributed by atoms with E-state index in [2.05, 4.69) is 34.9 Å². The first-order valence-corrected chi connectivity index (χ1v) is 11.0. The number of alkyl carbamates (subject to hydrolysis) is 1. The Hall–Kier alpha value is -3.35. The number of carbonyl (C=O) groups is 3. The van der Waals surface area contributed by atoms with Gasteiger partial charge in [-0.25, -0.2) is 4.79 Å². The van der Waals surface area contributed by atoms with E-state index in [0.29, 0.717) is 12.8 Å². The van der Waals surface area contributed by atoms with Gasteiger partial charge in [0.15, 0.2) is 0 Å². The molecule has 0 aliphatic heterocycles. The first-order chi connectivity index (χ1) is 15.4. The van der Waals surface area contributed by atoms with Gasteiger partial charge in [0.1, 0.15) is 6.61 Å². The number of ether oxygens (including phenoxy) is 1. The summed E-state index contributed by atoms with van der Waals surface area (Å²) in [5, 5.41) is 14.5. The number of fused-ring (bicyclic) bond motifs is 3. The normalized spacial score (nSPS) is 16.8. The van der Waals surface area contributed by atoms with Gasteiger partial charge < -0.3 is 20.5 Å². The van der Waals surface area contributed by atoms with Crippen LogP contribution in [0.15, 0.2) is 48.5 Å². The molecule has 1 atom stereocenters. The van der Waals surface area contributed by atoms with E-state index in [1.165, 1.54) is 11.1 Å². The van der Waals surface area contributed by atoms with Gasteiger partial charge in [-0.2, -0.15) is 0 Å². The van der Waals surface area contributed by atoms with Crippen LogP contribution in [0.1, 0.15) is 56.1 Å². The van der Waals surface area contributed by atoms with E-state index < -0.39 is 23.6 Å². The zero-order valence-corrected chi connectivity index (χ0v) is 18.1. The smallest absolute Gasteiger partial charge is 0.407 e. The van der Waals surface area contributed by atoms with Gasteiger partial charge in [0, 0.05) is 18.4 Å². The molecule has 2 aromatic carbocycles. The Kier molecular flexibility index (Phi) is 6.17. The van der Waals surface area contributed by atoms with Gasteiger partial charge in [0.05, 0.1) is 12.0 Å². The molecule has 0 saturated heterocycles. The van der Waals surface area contributed by atoms with Gasteiger partial charge in [-0.1, -0.05) is 48.5 Å². The highest BCUT2D eigenvalue weighted by Gasteiger charge is 2.41. The fourth-order valence-electron chi connectivity index (χ4n) is 4.75. The Bertz CT molecular complexity index is 985. The highest BCUT2D eigenvalue weighted by molar-refractivity contribution is 5.81. The van der Waals surface area contributed by atoms with Crippen molar-refractivity contribution in [3.05, 3.63) is 59.7 Å². The molecule has 32 heavy (non-hydrogen) atoms. The summed E-state index contributed by atoms with van der Waals surface area (Å²) in [4.78, 5) is 35.8. The van der Waals surface area contributed by atoms with Crippen LogP contribution in [0.4, 0.5) is 4.79 Å². The first kappa shape index (κ1) is 21.9. The third-order valence-electron chi connectivity index (χ3n) is 6.41. The molecule has 4 rings (SSSR count). The Labute approximate surface area is 187 Å². The summed E-state index contributed by atoms with van der Waals surface area (Å²) < 4.78 is 5.63. The number of amides is 2. The van der Waals surface area contributed by atoms with E-state index in [4.69, 9.17) is 9.84 Å². The maximum Gasteiger partial charge on any atom is 0.407 e. The summed E-state index contributed by atoms with van der Waals surface area (Å²) in [6.45, 7) is 1.87. The number of hydrogen-bond donors (Lipinski definition) is 3. The predicted octanol–water partition coefficient (Wildman–Crippen LogP) is 3.82. The molecule has 2 aliphatic carbocycles. The van der Waals surface area contributed by atoms with Gasteiger partial charge in [-0.15, -0.1) is 0 Å². The quantitative estimate of drug-likeness (QED) is 0.584. The topological polar surface area (TPSA) is 105 Å². The van der Waals surface area contributed by atoms with Crippen LogP contribution in [-0.2, 0) is 14.3 Å². The lowest BCUT2D eigenvalue weighted by atomic mass is 9.74. The molecule has 168 valence electrons. The van der Waals surface area contributed by atoms with Crippen molar-refractivity contribution in [1.82, 2.24) is 10.6 Å². The Balaban J connectivity index is 1.35. The van der Waals surface area contributed by atoms with E-state index in [1.807, 2.05) is 24.3 Å². The highest BCUT2D eigenvalue weighted by Crippen LogP contribution is 2.44. The summed E-state index contributed by atoms with van der Waals surface area (Å²) in [5.41, 5.74) is 3.99. The van der Waals surface area contributed by atoms with E-state index in [9.17, 15) is 14.4 Å². The number of benzene rings is 2. The Morgan fingerprint density at radius 3 is 2.19 bits per heavy atom. The Morgan fingerprint density at radius 2 is 1.66 bits per heavy atom. The van der Waals surface area contributed by atoms with Crippen LogP contribution >= 0.6 is 0 Å². The number of rotatable bonds is 8. The monoisotopic (exact) mass is 436 g/mol. The standard InChI is InChI=1S/C25H28N2O5/c1-16(13-23(29)30)26-22(28)14-25(11-6-12-25)27-24(31)32-15-21-19-9-4-2-7-17(19)18-8-3-5-10-20(18)21/h2-5,7-10,16,21H,6,11-15H2,1H3,(H,26,28)(H,27,31)(H,29,30). The molecule has 0 radical (unpaired) electrons. The van der Waals surface area contributed by atoms with Crippen molar-refractivity contribution in [2.75, 3.05) is 6.61 Å². The minimum Gasteiger partial charge on any atom is -0.481 e. The summed E-state index contributed by atoms with van der Waals surface area (Å²) in [6, 6.07) is 15.8. The minimum absolute atomic E-state index is 0.0225. The van der Waals surface area contributed by atoms with E-state index in [1.54, 1.807) is 6.92 Å². The molecule has 1 saturated carbocycles. The van der Waals surface area contributed by atoms with Crippen molar-refractivity contribution in [1.29, 1.82) is 0 Å². The summed E-state index contributed by atoms with van der Waals surface area (Å²) >= 11 is 0. The number of nitrogens with one attached hydrogen (secondary N) is 2. The fraction of sp³-hybridized carbons (Fsp3) is 0.400. The van der Waals surface area contributed by atoms with Crippen LogP contribution in [0.2, 0.25) is 0 Å². The highest BCUT2D eigenvalue weighted by atomic mass is 16.5. The molecule has 0 aromatic heterocycles. The number of aliphatic carboxylic acids is 1. The van der Waals surface area contributed by atoms with Crippen molar-refractivity contribution in [3.8, 4) is 11.1 Å². The zero-order valence-electron chi connectivity index (χ0n) is 18.1. The minimum atomic E-state index is -0.965. The molecule has 2 amide bonds. The molecular formula is C25H28N2O5. The largest absolute Gasteiger partial charge is 0.481 e. The molecule has 3 N–H and O–H groups in total. The van der Waals surface area contributed by atoms with Crippen molar-refractivity contribution < 1.29 is 24.2 Å². The average Bonchev–Trinajstić information content (AvgIpc) is 3.03. The predicted molar refractivity (Wildman–Crippen MR) is 119 cm³/mol. The fourth-order valence-corrected chi connectivity index (χ4v) is 4.75. The summed E-state index contributed by atoms with van der Waals surface area (Å²) in [7, 11) is 0. The Morgan fingerprint density at radius 1 is 1.06 bits per heavy atom. The third-order valence-corrected chi connectivity index (χ3v) is 6.41. The van der Waals surface area contributed by atoms with Crippen molar-refractivity contribution in [3.63, 3.8) is 0 Å². The lowest BCUT2D eigenvalue weighted by Crippen LogP contribution is -2.56.